The summed E-state index contributed by atoms with van der Waals surface area (Å²) in [5.74, 6) is -1.23. The first-order valence-corrected chi connectivity index (χ1v) is 6.06. The van der Waals surface area contributed by atoms with Gasteiger partial charge in [0.05, 0.1) is 0 Å². The number of aliphatic imine (C=N–C) groups is 1. The van der Waals surface area contributed by atoms with Gasteiger partial charge in [-0.05, 0) is 0 Å². The van der Waals surface area contributed by atoms with Crippen LogP contribution in [0.15, 0.2) is 17.1 Å². The first-order chi connectivity index (χ1) is 9.86. The van der Waals surface area contributed by atoms with Crippen molar-refractivity contribution in [3.8, 4) is 0 Å². The van der Waals surface area contributed by atoms with E-state index in [1.165, 1.54) is 0 Å². The van der Waals surface area contributed by atoms with Gasteiger partial charge in [-0.15, -0.1) is 0 Å². The van der Waals surface area contributed by atoms with E-state index in [9.17, 15) is 19.6 Å². The van der Waals surface area contributed by atoms with Gasteiger partial charge >= 0.3 is 120 Å². The summed E-state index contributed by atoms with van der Waals surface area (Å²) in [6, 6.07) is 2.03. The number of nitrogens with one attached hydrogen (secondary N) is 1. The molecule has 21 heavy (non-hydrogen) atoms. The van der Waals surface area contributed by atoms with Gasteiger partial charge in [0, 0.05) is 0 Å². The van der Waals surface area contributed by atoms with E-state index < -0.39 is 16.9 Å². The Bertz CT molecular complexity index is 603. The second-order valence-corrected chi connectivity index (χ2v) is 4.40. The summed E-state index contributed by atoms with van der Waals surface area (Å²) >= 11 is 0. The Morgan fingerprint density at radius 3 is 2.76 bits per heavy atom. The molecule has 0 radical (unpaired) electrons. The SMILES string of the molecule is Cc1cc(C)c([N+](=O)[O-])c(NC[C@H](N=CB=O)C(=O)O)c1. The van der Waals surface area contributed by atoms with Gasteiger partial charge in [-0.1, -0.05) is 0 Å². The molecule has 0 heterocycles. The summed E-state index contributed by atoms with van der Waals surface area (Å²) in [6.45, 7) is 3.22. The molecule has 0 aliphatic rings. The number of benzene rings is 1. The molecule has 0 spiro atoms. The van der Waals surface area contributed by atoms with Crippen LogP contribution in [-0.2, 0) is 9.50 Å². The summed E-state index contributed by atoms with van der Waals surface area (Å²) in [6.07, 6.45) is 0.844. The molecule has 1 atom stereocenters. The van der Waals surface area contributed by atoms with E-state index in [4.69, 9.17) is 5.11 Å². The van der Waals surface area contributed by atoms with Crippen molar-refractivity contribution < 1.29 is 19.5 Å². The van der Waals surface area contributed by atoms with Crippen LogP contribution in [0.4, 0.5) is 11.4 Å². The second-order valence-electron chi connectivity index (χ2n) is 4.40. The summed E-state index contributed by atoms with van der Waals surface area (Å²) < 4.78 is 10.2. The van der Waals surface area contributed by atoms with Crippen LogP contribution >= 0.6 is 0 Å². The van der Waals surface area contributed by atoms with Crippen LogP contribution in [0.25, 0.3) is 0 Å². The topological polar surface area (TPSA) is 122 Å². The molecule has 0 bridgehead atoms. The number of nitro groups is 1. The number of hydrogen-bond donors (Lipinski definition) is 2. The van der Waals surface area contributed by atoms with E-state index >= 15 is 0 Å². The van der Waals surface area contributed by atoms with Gasteiger partial charge in [-0.25, -0.2) is 0 Å². The molecule has 9 heteroatoms. The number of carboxylic acids is 1. The third kappa shape index (κ3) is 4.48. The fraction of sp³-hybridized carbons (Fsp3) is 0.333. The summed E-state index contributed by atoms with van der Waals surface area (Å²) in [5, 5.41) is 22.8. The Labute approximate surface area is 121 Å². The normalized spacial score (nSPS) is 11.9. The molecule has 0 aliphatic heterocycles. The average Bonchev–Trinajstić information content (AvgIpc) is 2.36. The molecule has 0 aromatic heterocycles. The number of hydrogen-bond acceptors (Lipinski definition) is 6. The number of aryl methyl sites for hydroxylation is 2. The molecular weight excluding hydrogens is 277 g/mol. The van der Waals surface area contributed by atoms with Gasteiger partial charge in [0.2, 0.25) is 0 Å². The Hall–Kier alpha value is -2.58. The van der Waals surface area contributed by atoms with Gasteiger partial charge in [0.25, 0.3) is 0 Å². The molecule has 110 valence electrons. The minimum absolute atomic E-state index is 0.107. The zero-order chi connectivity index (χ0) is 16.0. The van der Waals surface area contributed by atoms with Gasteiger partial charge in [-0.2, -0.15) is 0 Å². The Balaban J connectivity index is 3.01. The fourth-order valence-electron chi connectivity index (χ4n) is 1.89. The Kier molecular flexibility index (Phi) is 5.71. The van der Waals surface area contributed by atoms with Crippen molar-refractivity contribution in [2.75, 3.05) is 11.9 Å². The monoisotopic (exact) mass is 291 g/mol. The van der Waals surface area contributed by atoms with Gasteiger partial charge < -0.3 is 0 Å². The van der Waals surface area contributed by atoms with Gasteiger partial charge in [0.1, 0.15) is 0 Å². The van der Waals surface area contributed by atoms with E-state index in [1.54, 1.807) is 26.0 Å². The molecule has 1 rings (SSSR count). The quantitative estimate of drug-likeness (QED) is 0.336. The van der Waals surface area contributed by atoms with Crippen LogP contribution in [0.2, 0.25) is 0 Å². The van der Waals surface area contributed by atoms with E-state index in [-0.39, 0.29) is 17.9 Å². The minimum atomic E-state index is -1.23. The molecule has 1 aromatic carbocycles. The number of rotatable bonds is 7. The Morgan fingerprint density at radius 1 is 1.57 bits per heavy atom. The molecule has 1 aromatic rings. The molecule has 0 aliphatic carbocycles. The van der Waals surface area contributed by atoms with Crippen LogP contribution < -0.4 is 5.32 Å². The Morgan fingerprint density at radius 2 is 2.24 bits per heavy atom. The molecule has 2 N–H and O–H groups in total. The van der Waals surface area contributed by atoms with E-state index in [0.29, 0.717) is 12.7 Å². The summed E-state index contributed by atoms with van der Waals surface area (Å²) in [5.41, 5.74) is 1.41. The van der Waals surface area contributed by atoms with E-state index in [2.05, 4.69) is 10.3 Å². The second kappa shape index (κ2) is 7.27. The average molecular weight is 291 g/mol. The number of nitrogens with zero attached hydrogens (tertiary/aromatic N) is 2. The third-order valence-corrected chi connectivity index (χ3v) is 2.73. The molecule has 0 fully saturated rings. The first kappa shape index (κ1) is 16.5. The van der Waals surface area contributed by atoms with Crippen molar-refractivity contribution in [3.63, 3.8) is 0 Å². The molecule has 0 saturated carbocycles. The fourth-order valence-corrected chi connectivity index (χ4v) is 1.89. The van der Waals surface area contributed by atoms with Crippen molar-refractivity contribution in [1.29, 1.82) is 0 Å². The van der Waals surface area contributed by atoms with E-state index in [0.717, 1.165) is 11.7 Å². The predicted octanol–water partition coefficient (Wildman–Crippen LogP) is 1.15. The molecule has 8 nitrogen and oxygen atoms in total. The summed E-state index contributed by atoms with van der Waals surface area (Å²) in [4.78, 5) is 25.1. The zero-order valence-corrected chi connectivity index (χ0v) is 11.6. The number of anilines is 1. The number of nitro benzene ring substituents is 1. The van der Waals surface area contributed by atoms with Crippen molar-refractivity contribution in [1.82, 2.24) is 0 Å². The van der Waals surface area contributed by atoms with Crippen LogP contribution in [0, 0.1) is 24.0 Å². The number of carbonyl (C=O) groups is 1. The van der Waals surface area contributed by atoms with Gasteiger partial charge in [0.15, 0.2) is 0 Å². The number of aliphatic carboxylic acids is 1. The molecule has 0 amide bonds. The maximum atomic E-state index is 11.1. The van der Waals surface area contributed by atoms with Crippen molar-refractivity contribution in [2.24, 2.45) is 4.99 Å². The van der Waals surface area contributed by atoms with Crippen LogP contribution in [0.3, 0.4) is 0 Å². The zero-order valence-electron chi connectivity index (χ0n) is 11.6. The molecule has 0 saturated heterocycles. The van der Waals surface area contributed by atoms with Crippen molar-refractivity contribution in [3.05, 3.63) is 33.4 Å². The standard InChI is InChI=1S/C12H14BN3O5/c1-7-3-8(2)11(16(20)21)9(4-7)14-5-10(12(17)18)15-6-13-19/h3-4,6,10,14H,5H2,1-2H3,(H,17,18)/t10-/m0/s1. The third-order valence-electron chi connectivity index (χ3n) is 2.73. The van der Waals surface area contributed by atoms with Crippen LogP contribution in [0.1, 0.15) is 11.1 Å². The molecular formula is C12H14BN3O5. The first-order valence-electron chi connectivity index (χ1n) is 6.06. The van der Waals surface area contributed by atoms with Crippen LogP contribution in [-0.4, -0.2) is 41.8 Å². The predicted molar refractivity (Wildman–Crippen MR) is 77.4 cm³/mol. The maximum absolute atomic E-state index is 11.1. The van der Waals surface area contributed by atoms with Crippen molar-refractivity contribution in [2.45, 2.75) is 19.9 Å². The van der Waals surface area contributed by atoms with Crippen molar-refractivity contribution >= 4 is 30.6 Å². The number of carboxylic acid groups (broad SMARTS) is 1. The van der Waals surface area contributed by atoms with E-state index in [1.807, 2.05) is 0 Å². The van der Waals surface area contributed by atoms with Crippen LogP contribution in [0.5, 0.6) is 0 Å². The van der Waals surface area contributed by atoms with Gasteiger partial charge in [-0.3, -0.25) is 0 Å². The molecule has 0 unspecified atom stereocenters. The summed E-state index contributed by atoms with van der Waals surface area (Å²) in [7, 11) is 0.370.